The van der Waals surface area contributed by atoms with Crippen LogP contribution in [0.25, 0.3) is 0 Å². The third-order valence-corrected chi connectivity index (χ3v) is 5.09. The van der Waals surface area contributed by atoms with Crippen LogP contribution >= 0.6 is 0 Å². The second kappa shape index (κ2) is 11.2. The molecule has 0 aliphatic carbocycles. The van der Waals surface area contributed by atoms with E-state index in [2.05, 4.69) is 22.2 Å². The van der Waals surface area contributed by atoms with Crippen molar-refractivity contribution in [3.8, 4) is 12.1 Å². The van der Waals surface area contributed by atoms with Crippen LogP contribution in [0.15, 0.2) is 30.9 Å². The van der Waals surface area contributed by atoms with Gasteiger partial charge in [-0.25, -0.2) is 14.5 Å². The van der Waals surface area contributed by atoms with Crippen molar-refractivity contribution in [2.24, 2.45) is 0 Å². The van der Waals surface area contributed by atoms with Gasteiger partial charge in [-0.3, -0.25) is 9.59 Å². The average molecular weight is 485 g/mol. The molecule has 0 spiro atoms. The Hall–Kier alpha value is -4.29. The zero-order valence-corrected chi connectivity index (χ0v) is 19.8. The highest BCUT2D eigenvalue weighted by Gasteiger charge is 2.40. The van der Waals surface area contributed by atoms with Crippen LogP contribution in [0.4, 0.5) is 0 Å². The van der Waals surface area contributed by atoms with Crippen molar-refractivity contribution in [3.63, 3.8) is 0 Å². The fourth-order valence-electron chi connectivity index (χ4n) is 2.85. The SMILES string of the molecule is CC(C)(C#N)c1cc(Cn2cncn2)cc(C(C)(C)C#N)c1.O=C(O)CC(O)(CC(=O)O)C(=O)O. The molecule has 1 aromatic heterocycles. The Morgan fingerprint density at radius 3 is 1.69 bits per heavy atom. The number of aliphatic hydroxyl groups is 1. The highest BCUT2D eigenvalue weighted by molar-refractivity contribution is 5.88. The normalized spacial score (nSPS) is 11.4. The lowest BCUT2D eigenvalue weighted by Crippen LogP contribution is -2.42. The molecule has 0 atom stereocenters. The Labute approximate surface area is 201 Å². The number of hydrogen-bond acceptors (Lipinski definition) is 8. The van der Waals surface area contributed by atoms with Gasteiger partial charge in [-0.1, -0.05) is 18.2 Å². The van der Waals surface area contributed by atoms with Crippen molar-refractivity contribution in [1.82, 2.24) is 14.8 Å². The Morgan fingerprint density at radius 1 is 0.914 bits per heavy atom. The smallest absolute Gasteiger partial charge is 0.336 e. The molecule has 0 saturated heterocycles. The van der Waals surface area contributed by atoms with Gasteiger partial charge in [-0.15, -0.1) is 0 Å². The molecule has 0 fully saturated rings. The van der Waals surface area contributed by atoms with Crippen LogP contribution in [0.5, 0.6) is 0 Å². The molecule has 2 rings (SSSR count). The Morgan fingerprint density at radius 2 is 1.37 bits per heavy atom. The Kier molecular flexibility index (Phi) is 9.22. The van der Waals surface area contributed by atoms with E-state index < -0.39 is 47.2 Å². The topological polar surface area (TPSA) is 210 Å². The molecular formula is C23H27N5O7. The predicted molar refractivity (Wildman–Crippen MR) is 120 cm³/mol. The zero-order chi connectivity index (χ0) is 27.0. The molecule has 0 aliphatic rings. The molecule has 0 unspecified atom stereocenters. The minimum absolute atomic E-state index is 0.559. The van der Waals surface area contributed by atoms with Crippen molar-refractivity contribution in [2.45, 2.75) is 63.5 Å². The van der Waals surface area contributed by atoms with Gasteiger partial charge in [0.2, 0.25) is 0 Å². The van der Waals surface area contributed by atoms with E-state index in [-0.39, 0.29) is 0 Å². The summed E-state index contributed by atoms with van der Waals surface area (Å²) in [6.45, 7) is 8.08. The first-order valence-electron chi connectivity index (χ1n) is 10.3. The summed E-state index contributed by atoms with van der Waals surface area (Å²) in [6.07, 6.45) is 0.851. The van der Waals surface area contributed by atoms with Crippen molar-refractivity contribution < 1.29 is 34.8 Å². The first-order valence-corrected chi connectivity index (χ1v) is 10.3. The van der Waals surface area contributed by atoms with Gasteiger partial charge in [0, 0.05) is 0 Å². The van der Waals surface area contributed by atoms with E-state index in [1.54, 1.807) is 11.0 Å². The third-order valence-electron chi connectivity index (χ3n) is 5.09. The zero-order valence-electron chi connectivity index (χ0n) is 19.8. The molecular weight excluding hydrogens is 458 g/mol. The molecule has 0 aliphatic heterocycles. The van der Waals surface area contributed by atoms with Gasteiger partial charge in [0.15, 0.2) is 5.60 Å². The number of nitriles is 2. The maximum atomic E-state index is 10.3. The molecule has 4 N–H and O–H groups in total. The minimum atomic E-state index is -2.74. The largest absolute Gasteiger partial charge is 0.481 e. The summed E-state index contributed by atoms with van der Waals surface area (Å²) in [6, 6.07) is 10.6. The standard InChI is InChI=1S/C17H19N5.C6H8O7/c1-16(2,9-18)14-5-13(8-22-12-20-11-21-22)6-15(7-14)17(3,4)10-19;7-3(8)1-6(13,5(11)12)2-4(9)10/h5-7,11-12H,8H2,1-4H3;13H,1-2H2,(H,7,8)(H,9,10)(H,11,12). The average Bonchev–Trinajstić information content (AvgIpc) is 3.25. The van der Waals surface area contributed by atoms with Gasteiger partial charge < -0.3 is 20.4 Å². The summed E-state index contributed by atoms with van der Waals surface area (Å²) in [5, 5.41) is 56.7. The van der Waals surface area contributed by atoms with Crippen molar-refractivity contribution in [3.05, 3.63) is 47.5 Å². The summed E-state index contributed by atoms with van der Waals surface area (Å²) < 4.78 is 1.72. The molecule has 12 nitrogen and oxygen atoms in total. The summed E-state index contributed by atoms with van der Waals surface area (Å²) in [5.74, 6) is -5.02. The minimum Gasteiger partial charge on any atom is -0.481 e. The molecule has 2 aromatic rings. The third kappa shape index (κ3) is 8.21. The second-order valence-corrected chi connectivity index (χ2v) is 8.96. The van der Waals surface area contributed by atoms with Crippen molar-refractivity contribution in [2.75, 3.05) is 0 Å². The summed E-state index contributed by atoms with van der Waals surface area (Å²) in [5.41, 5.74) is -1.14. The lowest BCUT2D eigenvalue weighted by atomic mass is 9.79. The molecule has 0 saturated carbocycles. The van der Waals surface area contributed by atoms with E-state index in [1.165, 1.54) is 6.33 Å². The van der Waals surface area contributed by atoms with Crippen LogP contribution in [0.3, 0.4) is 0 Å². The molecule has 0 bridgehead atoms. The lowest BCUT2D eigenvalue weighted by molar-refractivity contribution is -0.170. The fourth-order valence-corrected chi connectivity index (χ4v) is 2.85. The van der Waals surface area contributed by atoms with E-state index in [4.69, 9.17) is 20.4 Å². The van der Waals surface area contributed by atoms with Crippen LogP contribution in [-0.2, 0) is 31.8 Å². The van der Waals surface area contributed by atoms with Crippen molar-refractivity contribution >= 4 is 17.9 Å². The van der Waals surface area contributed by atoms with Crippen LogP contribution in [0.2, 0.25) is 0 Å². The van der Waals surface area contributed by atoms with Crippen LogP contribution in [0.1, 0.15) is 57.2 Å². The summed E-state index contributed by atoms with van der Waals surface area (Å²) >= 11 is 0. The highest BCUT2D eigenvalue weighted by atomic mass is 16.4. The van der Waals surface area contributed by atoms with Gasteiger partial charge in [0.1, 0.15) is 12.7 Å². The van der Waals surface area contributed by atoms with Crippen LogP contribution in [-0.4, -0.2) is 58.7 Å². The Balaban J connectivity index is 0.000000405. The van der Waals surface area contributed by atoms with E-state index in [0.717, 1.165) is 16.7 Å². The molecule has 186 valence electrons. The number of benzene rings is 1. The van der Waals surface area contributed by atoms with E-state index in [9.17, 15) is 24.9 Å². The quantitative estimate of drug-likeness (QED) is 0.401. The van der Waals surface area contributed by atoms with Gasteiger partial charge >= 0.3 is 17.9 Å². The predicted octanol–water partition coefficient (Wildman–Crippen LogP) is 1.68. The van der Waals surface area contributed by atoms with Gasteiger partial charge in [0.25, 0.3) is 0 Å². The molecule has 1 heterocycles. The molecule has 0 radical (unpaired) electrons. The molecule has 12 heteroatoms. The first kappa shape index (κ1) is 28.7. The number of rotatable bonds is 9. The van der Waals surface area contributed by atoms with E-state index in [1.807, 2.05) is 45.9 Å². The number of nitrogens with zero attached hydrogens (tertiary/aromatic N) is 5. The number of aliphatic carboxylic acids is 3. The fraction of sp³-hybridized carbons (Fsp3) is 0.435. The molecule has 0 amide bonds. The lowest BCUT2D eigenvalue weighted by Gasteiger charge is -2.23. The Bertz CT molecular complexity index is 1100. The maximum Gasteiger partial charge on any atom is 0.336 e. The van der Waals surface area contributed by atoms with Gasteiger partial charge in [-0.05, 0) is 44.4 Å². The maximum absolute atomic E-state index is 10.3. The van der Waals surface area contributed by atoms with E-state index in [0.29, 0.717) is 6.54 Å². The number of aromatic nitrogens is 3. The first-order chi connectivity index (χ1) is 16.1. The van der Waals surface area contributed by atoms with E-state index >= 15 is 0 Å². The van der Waals surface area contributed by atoms with Crippen LogP contribution in [0, 0.1) is 22.7 Å². The number of hydrogen-bond donors (Lipinski definition) is 4. The number of carbonyl (C=O) groups is 3. The second-order valence-electron chi connectivity index (χ2n) is 8.96. The number of carboxylic acid groups (broad SMARTS) is 3. The molecule has 35 heavy (non-hydrogen) atoms. The number of carboxylic acids is 3. The summed E-state index contributed by atoms with van der Waals surface area (Å²) in [7, 11) is 0. The van der Waals surface area contributed by atoms with Gasteiger partial charge in [0.05, 0.1) is 42.4 Å². The van der Waals surface area contributed by atoms with Crippen LogP contribution < -0.4 is 0 Å². The van der Waals surface area contributed by atoms with Crippen molar-refractivity contribution in [1.29, 1.82) is 10.5 Å². The highest BCUT2D eigenvalue weighted by Crippen LogP contribution is 2.30. The monoisotopic (exact) mass is 485 g/mol. The summed E-state index contributed by atoms with van der Waals surface area (Å²) in [4.78, 5) is 34.4. The van der Waals surface area contributed by atoms with Gasteiger partial charge in [-0.2, -0.15) is 15.6 Å². The molecule has 1 aromatic carbocycles.